The molecule has 0 aliphatic carbocycles. The smallest absolute Gasteiger partial charge is 0.251 e. The number of halogens is 2. The number of alkyl halides is 1. The minimum atomic E-state index is -0.0613. The zero-order valence-corrected chi connectivity index (χ0v) is 14.1. The fourth-order valence-electron chi connectivity index (χ4n) is 1.79. The highest BCUT2D eigenvalue weighted by atomic mass is 79.9. The Balaban J connectivity index is 2.57. The molecule has 0 saturated heterocycles. The Morgan fingerprint density at radius 3 is 2.68 bits per heavy atom. The molecule has 1 amide bonds. The largest absolute Gasteiger partial charge is 0.352 e. The van der Waals surface area contributed by atoms with Crippen molar-refractivity contribution in [1.82, 2.24) is 5.32 Å². The first-order chi connectivity index (χ1) is 8.85. The number of aryl methyl sites for hydroxylation is 1. The SMILES string of the molecule is Cc1ccc(C(=O)NCC(C)(C)CCCBr)cc1Cl. The summed E-state index contributed by atoms with van der Waals surface area (Å²) in [6.45, 7) is 6.92. The lowest BCUT2D eigenvalue weighted by Gasteiger charge is -2.24. The van der Waals surface area contributed by atoms with Gasteiger partial charge in [-0.25, -0.2) is 0 Å². The summed E-state index contributed by atoms with van der Waals surface area (Å²) in [5.74, 6) is -0.0613. The molecule has 0 radical (unpaired) electrons. The van der Waals surface area contributed by atoms with E-state index in [1.54, 1.807) is 6.07 Å². The standard InChI is InChI=1S/C15H21BrClNO/c1-11-5-6-12(9-13(11)17)14(19)18-10-15(2,3)7-4-8-16/h5-6,9H,4,7-8,10H2,1-3H3,(H,18,19). The summed E-state index contributed by atoms with van der Waals surface area (Å²) in [6.07, 6.45) is 2.19. The third-order valence-corrected chi connectivity index (χ3v) is 4.12. The van der Waals surface area contributed by atoms with Crippen LogP contribution in [0.5, 0.6) is 0 Å². The molecule has 0 aliphatic rings. The predicted octanol–water partition coefficient (Wildman–Crippen LogP) is 4.58. The number of benzene rings is 1. The highest BCUT2D eigenvalue weighted by molar-refractivity contribution is 9.09. The first-order valence-electron chi connectivity index (χ1n) is 6.46. The van der Waals surface area contributed by atoms with Crippen molar-refractivity contribution in [2.24, 2.45) is 5.41 Å². The number of carbonyl (C=O) groups excluding carboxylic acids is 1. The zero-order valence-electron chi connectivity index (χ0n) is 11.7. The molecule has 0 heterocycles. The van der Waals surface area contributed by atoms with Crippen LogP contribution >= 0.6 is 27.5 Å². The lowest BCUT2D eigenvalue weighted by atomic mass is 9.88. The third-order valence-electron chi connectivity index (χ3n) is 3.15. The summed E-state index contributed by atoms with van der Waals surface area (Å²) >= 11 is 9.46. The van der Waals surface area contributed by atoms with E-state index in [2.05, 4.69) is 35.1 Å². The number of hydrogen-bond acceptors (Lipinski definition) is 1. The van der Waals surface area contributed by atoms with Gasteiger partial charge in [0, 0.05) is 22.5 Å². The maximum atomic E-state index is 12.0. The van der Waals surface area contributed by atoms with Gasteiger partial charge in [0.2, 0.25) is 0 Å². The van der Waals surface area contributed by atoms with Gasteiger partial charge in [-0.2, -0.15) is 0 Å². The van der Waals surface area contributed by atoms with Crippen molar-refractivity contribution in [3.63, 3.8) is 0 Å². The normalized spacial score (nSPS) is 11.4. The van der Waals surface area contributed by atoms with Crippen molar-refractivity contribution in [3.8, 4) is 0 Å². The van der Waals surface area contributed by atoms with Crippen LogP contribution in [0.25, 0.3) is 0 Å². The maximum Gasteiger partial charge on any atom is 0.251 e. The van der Waals surface area contributed by atoms with Gasteiger partial charge in [0.25, 0.3) is 5.91 Å². The lowest BCUT2D eigenvalue weighted by Crippen LogP contribution is -2.34. The molecule has 4 heteroatoms. The molecule has 0 spiro atoms. The predicted molar refractivity (Wildman–Crippen MR) is 85.3 cm³/mol. The Bertz CT molecular complexity index is 446. The van der Waals surface area contributed by atoms with Crippen molar-refractivity contribution >= 4 is 33.4 Å². The molecule has 1 N–H and O–H groups in total. The average molecular weight is 347 g/mol. The van der Waals surface area contributed by atoms with Crippen molar-refractivity contribution < 1.29 is 4.79 Å². The Morgan fingerprint density at radius 2 is 2.11 bits per heavy atom. The second-order valence-electron chi connectivity index (χ2n) is 5.60. The Labute approximate surface area is 129 Å². The molecule has 0 unspecified atom stereocenters. The van der Waals surface area contributed by atoms with Crippen molar-refractivity contribution in [2.75, 3.05) is 11.9 Å². The minimum absolute atomic E-state index is 0.0613. The minimum Gasteiger partial charge on any atom is -0.352 e. The zero-order chi connectivity index (χ0) is 14.5. The van der Waals surface area contributed by atoms with E-state index in [9.17, 15) is 4.79 Å². The van der Waals surface area contributed by atoms with E-state index in [1.807, 2.05) is 19.1 Å². The summed E-state index contributed by atoms with van der Waals surface area (Å²) in [5, 5.41) is 4.61. The Kier molecular flexibility index (Phi) is 6.34. The van der Waals surface area contributed by atoms with Gasteiger partial charge in [-0.3, -0.25) is 4.79 Å². The second kappa shape index (κ2) is 7.30. The van der Waals surface area contributed by atoms with Gasteiger partial charge in [-0.15, -0.1) is 0 Å². The lowest BCUT2D eigenvalue weighted by molar-refractivity contribution is 0.0934. The number of nitrogens with one attached hydrogen (secondary N) is 1. The molecule has 0 atom stereocenters. The monoisotopic (exact) mass is 345 g/mol. The quantitative estimate of drug-likeness (QED) is 0.751. The molecule has 0 bridgehead atoms. The summed E-state index contributed by atoms with van der Waals surface area (Å²) in [6, 6.07) is 5.40. The molecule has 1 aromatic carbocycles. The molecule has 0 aliphatic heterocycles. The van der Waals surface area contributed by atoms with Gasteiger partial charge in [-0.05, 0) is 42.9 Å². The fourth-order valence-corrected chi connectivity index (χ4v) is 2.25. The summed E-state index contributed by atoms with van der Waals surface area (Å²) in [7, 11) is 0. The van der Waals surface area contributed by atoms with E-state index in [1.165, 1.54) is 0 Å². The average Bonchev–Trinajstić information content (AvgIpc) is 2.37. The van der Waals surface area contributed by atoms with Gasteiger partial charge in [0.15, 0.2) is 0 Å². The van der Waals surface area contributed by atoms with Crippen LogP contribution in [0.15, 0.2) is 18.2 Å². The van der Waals surface area contributed by atoms with E-state index in [-0.39, 0.29) is 11.3 Å². The fraction of sp³-hybridized carbons (Fsp3) is 0.533. The van der Waals surface area contributed by atoms with Crippen molar-refractivity contribution in [1.29, 1.82) is 0 Å². The highest BCUT2D eigenvalue weighted by Gasteiger charge is 2.18. The Hall–Kier alpha value is -0.540. The first-order valence-corrected chi connectivity index (χ1v) is 7.96. The van der Waals surface area contributed by atoms with Gasteiger partial charge in [-0.1, -0.05) is 47.4 Å². The molecule has 0 aromatic heterocycles. The third kappa shape index (κ3) is 5.53. The van der Waals surface area contributed by atoms with Crippen LogP contribution in [0.2, 0.25) is 5.02 Å². The van der Waals surface area contributed by atoms with Gasteiger partial charge < -0.3 is 5.32 Å². The van der Waals surface area contributed by atoms with E-state index >= 15 is 0 Å². The maximum absolute atomic E-state index is 12.0. The van der Waals surface area contributed by atoms with Crippen molar-refractivity contribution in [3.05, 3.63) is 34.3 Å². The topological polar surface area (TPSA) is 29.1 Å². The number of rotatable bonds is 6. The summed E-state index contributed by atoms with van der Waals surface area (Å²) in [5.41, 5.74) is 1.71. The number of hydrogen-bond donors (Lipinski definition) is 1. The van der Waals surface area contributed by atoms with Crippen LogP contribution in [0.1, 0.15) is 42.6 Å². The number of amides is 1. The van der Waals surface area contributed by atoms with E-state index in [4.69, 9.17) is 11.6 Å². The molecule has 1 aromatic rings. The molecule has 106 valence electrons. The molecule has 0 fully saturated rings. The van der Waals surface area contributed by atoms with Gasteiger partial charge in [0.1, 0.15) is 0 Å². The molecular formula is C15H21BrClNO. The summed E-state index contributed by atoms with van der Waals surface area (Å²) < 4.78 is 0. The van der Waals surface area contributed by atoms with Crippen molar-refractivity contribution in [2.45, 2.75) is 33.6 Å². The van der Waals surface area contributed by atoms with Gasteiger partial charge in [0.05, 0.1) is 0 Å². The highest BCUT2D eigenvalue weighted by Crippen LogP contribution is 2.22. The van der Waals surface area contributed by atoms with Crippen LogP contribution in [-0.2, 0) is 0 Å². The molecular weight excluding hydrogens is 326 g/mol. The summed E-state index contributed by atoms with van der Waals surface area (Å²) in [4.78, 5) is 12.0. The van der Waals surface area contributed by atoms with Crippen LogP contribution in [0, 0.1) is 12.3 Å². The molecule has 2 nitrogen and oxygen atoms in total. The first kappa shape index (κ1) is 16.5. The van der Waals surface area contributed by atoms with Crippen LogP contribution in [0.4, 0.5) is 0 Å². The van der Waals surface area contributed by atoms with Crippen LogP contribution < -0.4 is 5.32 Å². The van der Waals surface area contributed by atoms with Crippen LogP contribution in [0.3, 0.4) is 0 Å². The number of carbonyl (C=O) groups is 1. The Morgan fingerprint density at radius 1 is 1.42 bits per heavy atom. The molecule has 19 heavy (non-hydrogen) atoms. The van der Waals surface area contributed by atoms with Crippen LogP contribution in [-0.4, -0.2) is 17.8 Å². The van der Waals surface area contributed by atoms with E-state index < -0.39 is 0 Å². The van der Waals surface area contributed by atoms with E-state index in [0.717, 1.165) is 23.7 Å². The molecule has 1 rings (SSSR count). The second-order valence-corrected chi connectivity index (χ2v) is 6.80. The van der Waals surface area contributed by atoms with Gasteiger partial charge >= 0.3 is 0 Å². The molecule has 0 saturated carbocycles. The van der Waals surface area contributed by atoms with E-state index in [0.29, 0.717) is 17.1 Å².